The fourth-order valence-electron chi connectivity index (χ4n) is 2.16. The first-order valence-electron chi connectivity index (χ1n) is 5.92. The number of hydrogen-bond donors (Lipinski definition) is 0. The van der Waals surface area contributed by atoms with Crippen molar-refractivity contribution in [1.29, 1.82) is 0 Å². The summed E-state index contributed by atoms with van der Waals surface area (Å²) in [4.78, 5) is 4.78. The standard InChI is InChI=1S/C14H23N/c1-5-14(4,15-12(2)3)11-13-9-7-6-8-10-13/h6-9,13H,5,10-11H2,1-4H3. The molecule has 0 aliphatic heterocycles. The Bertz CT molecular complexity index is 282. The molecule has 2 unspecified atom stereocenters. The molecule has 0 fully saturated rings. The third-order valence-corrected chi connectivity index (χ3v) is 3.03. The van der Waals surface area contributed by atoms with Gasteiger partial charge in [0.15, 0.2) is 0 Å². The Kier molecular flexibility index (Phi) is 4.31. The lowest BCUT2D eigenvalue weighted by Crippen LogP contribution is -2.25. The van der Waals surface area contributed by atoms with E-state index in [1.54, 1.807) is 0 Å². The van der Waals surface area contributed by atoms with Crippen LogP contribution < -0.4 is 0 Å². The van der Waals surface area contributed by atoms with Crippen molar-refractivity contribution in [2.24, 2.45) is 10.9 Å². The highest BCUT2D eigenvalue weighted by Crippen LogP contribution is 2.29. The molecule has 0 spiro atoms. The first-order chi connectivity index (χ1) is 7.06. The van der Waals surface area contributed by atoms with E-state index in [0.717, 1.165) is 12.8 Å². The number of allylic oxidation sites excluding steroid dienone is 4. The predicted octanol–water partition coefficient (Wildman–Crippen LogP) is 4.16. The molecule has 0 radical (unpaired) electrons. The lowest BCUT2D eigenvalue weighted by Gasteiger charge is -2.28. The Morgan fingerprint density at radius 1 is 1.40 bits per heavy atom. The molecule has 1 nitrogen and oxygen atoms in total. The van der Waals surface area contributed by atoms with E-state index in [1.165, 1.54) is 12.1 Å². The molecule has 0 bridgehead atoms. The van der Waals surface area contributed by atoms with Crippen molar-refractivity contribution < 1.29 is 0 Å². The predicted molar refractivity (Wildman–Crippen MR) is 68.5 cm³/mol. The van der Waals surface area contributed by atoms with Gasteiger partial charge in [-0.3, -0.25) is 4.99 Å². The molecular weight excluding hydrogens is 182 g/mol. The highest BCUT2D eigenvalue weighted by Gasteiger charge is 2.24. The van der Waals surface area contributed by atoms with E-state index < -0.39 is 0 Å². The molecule has 0 saturated carbocycles. The van der Waals surface area contributed by atoms with Crippen LogP contribution in [0.3, 0.4) is 0 Å². The minimum atomic E-state index is 0.124. The van der Waals surface area contributed by atoms with Gasteiger partial charge in [-0.2, -0.15) is 0 Å². The molecule has 0 aromatic rings. The monoisotopic (exact) mass is 205 g/mol. The zero-order chi connectivity index (χ0) is 11.3. The minimum absolute atomic E-state index is 0.124. The summed E-state index contributed by atoms with van der Waals surface area (Å²) in [6, 6.07) is 0. The molecule has 0 heterocycles. The highest BCUT2D eigenvalue weighted by atomic mass is 14.8. The maximum Gasteiger partial charge on any atom is 0.0582 e. The number of nitrogens with zero attached hydrogens (tertiary/aromatic N) is 1. The second-order valence-electron chi connectivity index (χ2n) is 4.92. The van der Waals surface area contributed by atoms with Gasteiger partial charge in [-0.05, 0) is 46.0 Å². The molecule has 1 aliphatic rings. The van der Waals surface area contributed by atoms with Crippen LogP contribution in [0.2, 0.25) is 0 Å². The van der Waals surface area contributed by atoms with Crippen LogP contribution in [0.25, 0.3) is 0 Å². The highest BCUT2D eigenvalue weighted by molar-refractivity contribution is 5.79. The fourth-order valence-corrected chi connectivity index (χ4v) is 2.16. The van der Waals surface area contributed by atoms with Crippen molar-refractivity contribution >= 4 is 5.71 Å². The normalized spacial score (nSPS) is 23.6. The molecule has 0 saturated heterocycles. The summed E-state index contributed by atoms with van der Waals surface area (Å²) in [5, 5.41) is 0. The summed E-state index contributed by atoms with van der Waals surface area (Å²) >= 11 is 0. The molecule has 0 N–H and O–H groups in total. The number of aliphatic imine (C=N–C) groups is 1. The second-order valence-corrected chi connectivity index (χ2v) is 4.92. The molecule has 1 rings (SSSR count). The first kappa shape index (κ1) is 12.2. The van der Waals surface area contributed by atoms with Crippen molar-refractivity contribution in [3.63, 3.8) is 0 Å². The van der Waals surface area contributed by atoms with Crippen molar-refractivity contribution in [1.82, 2.24) is 0 Å². The average Bonchev–Trinajstić information content (AvgIpc) is 2.18. The van der Waals surface area contributed by atoms with Crippen molar-refractivity contribution in [2.45, 2.75) is 52.5 Å². The molecule has 2 atom stereocenters. The molecule has 0 amide bonds. The van der Waals surface area contributed by atoms with Gasteiger partial charge in [0.1, 0.15) is 0 Å². The van der Waals surface area contributed by atoms with Gasteiger partial charge in [0.05, 0.1) is 5.54 Å². The van der Waals surface area contributed by atoms with E-state index in [0.29, 0.717) is 5.92 Å². The van der Waals surface area contributed by atoms with Crippen LogP contribution in [-0.4, -0.2) is 11.3 Å². The van der Waals surface area contributed by atoms with Crippen LogP contribution in [0.1, 0.15) is 47.0 Å². The smallest absolute Gasteiger partial charge is 0.0582 e. The van der Waals surface area contributed by atoms with Crippen molar-refractivity contribution in [2.75, 3.05) is 0 Å². The van der Waals surface area contributed by atoms with Gasteiger partial charge in [0.2, 0.25) is 0 Å². The van der Waals surface area contributed by atoms with Gasteiger partial charge in [-0.15, -0.1) is 0 Å². The molecule has 0 aromatic carbocycles. The van der Waals surface area contributed by atoms with Gasteiger partial charge < -0.3 is 0 Å². The quantitative estimate of drug-likeness (QED) is 0.611. The number of rotatable bonds is 4. The third kappa shape index (κ3) is 4.03. The maximum atomic E-state index is 4.78. The molecule has 15 heavy (non-hydrogen) atoms. The van der Waals surface area contributed by atoms with E-state index in [1.807, 2.05) is 0 Å². The van der Waals surface area contributed by atoms with Crippen molar-refractivity contribution in [3.8, 4) is 0 Å². The Hall–Kier alpha value is -0.850. The zero-order valence-electron chi connectivity index (χ0n) is 10.5. The maximum absolute atomic E-state index is 4.78. The molecule has 1 aliphatic carbocycles. The largest absolute Gasteiger partial charge is 0.288 e. The first-order valence-corrected chi connectivity index (χ1v) is 5.92. The minimum Gasteiger partial charge on any atom is -0.288 e. The van der Waals surface area contributed by atoms with Gasteiger partial charge in [0.25, 0.3) is 0 Å². The Balaban J connectivity index is 2.63. The van der Waals surface area contributed by atoms with E-state index >= 15 is 0 Å². The van der Waals surface area contributed by atoms with E-state index in [4.69, 9.17) is 4.99 Å². The summed E-state index contributed by atoms with van der Waals surface area (Å²) in [6.45, 7) is 8.68. The Morgan fingerprint density at radius 2 is 2.13 bits per heavy atom. The Morgan fingerprint density at radius 3 is 2.60 bits per heavy atom. The van der Waals surface area contributed by atoms with Gasteiger partial charge in [-0.25, -0.2) is 0 Å². The molecule has 1 heteroatoms. The van der Waals surface area contributed by atoms with Gasteiger partial charge in [-0.1, -0.05) is 31.2 Å². The summed E-state index contributed by atoms with van der Waals surface area (Å²) in [6.07, 6.45) is 12.3. The van der Waals surface area contributed by atoms with Gasteiger partial charge in [0, 0.05) is 5.71 Å². The summed E-state index contributed by atoms with van der Waals surface area (Å²) < 4.78 is 0. The SMILES string of the molecule is CCC(C)(CC1C=CC=CC1)N=C(C)C. The van der Waals surface area contributed by atoms with Crippen LogP contribution in [0, 0.1) is 5.92 Å². The van der Waals surface area contributed by atoms with E-state index in [2.05, 4.69) is 52.0 Å². The van der Waals surface area contributed by atoms with Crippen LogP contribution in [0.4, 0.5) is 0 Å². The average molecular weight is 205 g/mol. The molecular formula is C14H23N. The molecule has 84 valence electrons. The topological polar surface area (TPSA) is 12.4 Å². The Labute approximate surface area is 94.0 Å². The van der Waals surface area contributed by atoms with E-state index in [-0.39, 0.29) is 5.54 Å². The lowest BCUT2D eigenvalue weighted by atomic mass is 9.84. The third-order valence-electron chi connectivity index (χ3n) is 3.03. The van der Waals surface area contributed by atoms with Crippen molar-refractivity contribution in [3.05, 3.63) is 24.3 Å². The lowest BCUT2D eigenvalue weighted by molar-refractivity contribution is 0.367. The number of hydrogen-bond acceptors (Lipinski definition) is 1. The summed E-state index contributed by atoms with van der Waals surface area (Å²) in [5.41, 5.74) is 1.31. The summed E-state index contributed by atoms with van der Waals surface area (Å²) in [5.74, 6) is 0.669. The van der Waals surface area contributed by atoms with E-state index in [9.17, 15) is 0 Å². The van der Waals surface area contributed by atoms with Crippen LogP contribution >= 0.6 is 0 Å². The van der Waals surface area contributed by atoms with Crippen LogP contribution in [0.15, 0.2) is 29.3 Å². The van der Waals surface area contributed by atoms with Gasteiger partial charge >= 0.3 is 0 Å². The molecule has 0 aromatic heterocycles. The zero-order valence-corrected chi connectivity index (χ0v) is 10.5. The van der Waals surface area contributed by atoms with Crippen LogP contribution in [0.5, 0.6) is 0 Å². The second kappa shape index (κ2) is 5.29. The fraction of sp³-hybridized carbons (Fsp3) is 0.643. The summed E-state index contributed by atoms with van der Waals surface area (Å²) in [7, 11) is 0. The van der Waals surface area contributed by atoms with Crippen LogP contribution in [-0.2, 0) is 0 Å².